The predicted octanol–water partition coefficient (Wildman–Crippen LogP) is 1.08. The minimum atomic E-state index is 1.03. The van der Waals surface area contributed by atoms with E-state index in [9.17, 15) is 0 Å². The van der Waals surface area contributed by atoms with Gasteiger partial charge in [-0.05, 0) is 35.0 Å². The Morgan fingerprint density at radius 3 is 2.63 bits per heavy atom. The molecule has 3 heteroatoms. The van der Waals surface area contributed by atoms with E-state index < -0.39 is 0 Å². The number of hydrogen-bond donors (Lipinski definition) is 0. The van der Waals surface area contributed by atoms with E-state index in [-0.39, 0.29) is 0 Å². The molecular formula is C16H8N2S. The molecule has 0 aliphatic carbocycles. The number of rotatable bonds is 0. The third-order valence-electron chi connectivity index (χ3n) is 3.67. The lowest BCUT2D eigenvalue weighted by Crippen LogP contribution is -2.24. The fourth-order valence-electron chi connectivity index (χ4n) is 2.77. The van der Waals surface area contributed by atoms with Crippen molar-refractivity contribution in [3.05, 3.63) is 69.0 Å². The first-order chi connectivity index (χ1) is 9.40. The van der Waals surface area contributed by atoms with Gasteiger partial charge in [-0.1, -0.05) is 18.2 Å². The summed E-state index contributed by atoms with van der Waals surface area (Å²) in [4.78, 5) is 9.51. The van der Waals surface area contributed by atoms with Crippen molar-refractivity contribution < 1.29 is 0 Å². The highest BCUT2D eigenvalue weighted by Gasteiger charge is 2.18. The molecule has 2 nitrogen and oxygen atoms in total. The molecule has 3 aromatic rings. The van der Waals surface area contributed by atoms with Crippen LogP contribution in [-0.2, 0) is 0 Å². The summed E-state index contributed by atoms with van der Waals surface area (Å²) >= 11 is 1.76. The summed E-state index contributed by atoms with van der Waals surface area (Å²) in [7, 11) is 0. The molecule has 19 heavy (non-hydrogen) atoms. The first-order valence-electron chi connectivity index (χ1n) is 6.19. The summed E-state index contributed by atoms with van der Waals surface area (Å²) in [6.45, 7) is 0. The first kappa shape index (κ1) is 9.64. The lowest BCUT2D eigenvalue weighted by Gasteiger charge is -1.89. The maximum Gasteiger partial charge on any atom is 0.0995 e. The van der Waals surface area contributed by atoms with Crippen molar-refractivity contribution >= 4 is 32.8 Å². The lowest BCUT2D eigenvalue weighted by molar-refractivity contribution is 1.34. The van der Waals surface area contributed by atoms with Gasteiger partial charge in [0.25, 0.3) is 0 Å². The molecule has 2 aliphatic rings. The number of benzene rings is 2. The van der Waals surface area contributed by atoms with Crippen molar-refractivity contribution in [3.63, 3.8) is 0 Å². The Labute approximate surface area is 112 Å². The van der Waals surface area contributed by atoms with Crippen LogP contribution in [-0.4, -0.2) is 0 Å². The maximum atomic E-state index is 4.78. The molecule has 0 amide bonds. The monoisotopic (exact) mass is 260 g/mol. The van der Waals surface area contributed by atoms with Gasteiger partial charge < -0.3 is 0 Å². The van der Waals surface area contributed by atoms with E-state index in [4.69, 9.17) is 9.98 Å². The van der Waals surface area contributed by atoms with E-state index in [2.05, 4.69) is 29.6 Å². The van der Waals surface area contributed by atoms with Gasteiger partial charge in [0.05, 0.1) is 22.1 Å². The highest BCUT2D eigenvalue weighted by molar-refractivity contribution is 7.17. The van der Waals surface area contributed by atoms with Gasteiger partial charge in [0.2, 0.25) is 0 Å². The van der Waals surface area contributed by atoms with Crippen molar-refractivity contribution in [1.82, 2.24) is 0 Å². The van der Waals surface area contributed by atoms with Crippen molar-refractivity contribution in [1.29, 1.82) is 0 Å². The Morgan fingerprint density at radius 2 is 1.63 bits per heavy atom. The second-order valence-corrected chi connectivity index (χ2v) is 5.71. The molecule has 0 bridgehead atoms. The standard InChI is InChI=1S/C16H8N2S/c1-2-4-12-10(3-1)15-16(17-12)11-7-9-5-6-19-14(9)8-13(11)18-15/h1-8H. The molecule has 1 aromatic heterocycles. The van der Waals surface area contributed by atoms with Crippen molar-refractivity contribution in [2.75, 3.05) is 0 Å². The molecular weight excluding hydrogens is 252 g/mol. The van der Waals surface area contributed by atoms with Gasteiger partial charge in [-0.25, -0.2) is 9.98 Å². The van der Waals surface area contributed by atoms with Gasteiger partial charge in [-0.3, -0.25) is 0 Å². The molecule has 2 aliphatic heterocycles. The normalized spacial score (nSPS) is 14.9. The maximum absolute atomic E-state index is 4.78. The molecule has 2 aromatic carbocycles. The van der Waals surface area contributed by atoms with Crippen LogP contribution in [0.1, 0.15) is 0 Å². The van der Waals surface area contributed by atoms with Crippen molar-refractivity contribution in [3.8, 4) is 0 Å². The summed E-state index contributed by atoms with van der Waals surface area (Å²) in [5, 5.41) is 7.80. The van der Waals surface area contributed by atoms with Gasteiger partial charge in [0, 0.05) is 15.1 Å². The van der Waals surface area contributed by atoms with Gasteiger partial charge in [0.15, 0.2) is 0 Å². The van der Waals surface area contributed by atoms with E-state index >= 15 is 0 Å². The van der Waals surface area contributed by atoms with Crippen molar-refractivity contribution in [2.45, 2.75) is 0 Å². The van der Waals surface area contributed by atoms with Crippen LogP contribution < -0.4 is 21.2 Å². The fraction of sp³-hybridized carbons (Fsp3) is 0. The first-order valence-corrected chi connectivity index (χ1v) is 7.07. The summed E-state index contributed by atoms with van der Waals surface area (Å²) in [5.74, 6) is 0. The summed E-state index contributed by atoms with van der Waals surface area (Å²) in [6.07, 6.45) is 0. The van der Waals surface area contributed by atoms with E-state index in [1.165, 1.54) is 10.1 Å². The third kappa shape index (κ3) is 1.15. The topological polar surface area (TPSA) is 24.7 Å². The second-order valence-electron chi connectivity index (χ2n) is 4.77. The van der Waals surface area contributed by atoms with Crippen LogP contribution in [0.15, 0.2) is 57.8 Å². The minimum Gasteiger partial charge on any atom is -0.245 e. The Morgan fingerprint density at radius 1 is 0.789 bits per heavy atom. The average molecular weight is 260 g/mol. The van der Waals surface area contributed by atoms with Gasteiger partial charge in [-0.2, -0.15) is 0 Å². The zero-order valence-electron chi connectivity index (χ0n) is 9.92. The molecule has 0 spiro atoms. The highest BCUT2D eigenvalue weighted by Crippen LogP contribution is 2.21. The zero-order valence-corrected chi connectivity index (χ0v) is 10.7. The summed E-state index contributed by atoms with van der Waals surface area (Å²) in [5.41, 5.74) is 2.06. The molecule has 0 unspecified atom stereocenters. The Balaban J connectivity index is 2.06. The largest absolute Gasteiger partial charge is 0.245 e. The quantitative estimate of drug-likeness (QED) is 0.578. The van der Waals surface area contributed by atoms with Crippen LogP contribution in [0.2, 0.25) is 0 Å². The van der Waals surface area contributed by atoms with E-state index in [0.717, 1.165) is 32.5 Å². The van der Waals surface area contributed by atoms with E-state index in [1.54, 1.807) is 11.3 Å². The Hall–Kier alpha value is -2.26. The molecule has 0 fully saturated rings. The minimum absolute atomic E-state index is 1.03. The van der Waals surface area contributed by atoms with Crippen LogP contribution in [0.5, 0.6) is 0 Å². The SMILES string of the molecule is c1ccc2c(c1)=NC1=c3cc4ccsc4cc3=NC=21. The number of thiophene rings is 1. The second kappa shape index (κ2) is 3.19. The summed E-state index contributed by atoms with van der Waals surface area (Å²) < 4.78 is 1.29. The lowest BCUT2D eigenvalue weighted by atomic mass is 10.2. The van der Waals surface area contributed by atoms with Crippen LogP contribution in [0, 0.1) is 0 Å². The number of fused-ring (bicyclic) bond motifs is 4. The summed E-state index contributed by atoms with van der Waals surface area (Å²) in [6, 6.07) is 14.7. The molecule has 88 valence electrons. The molecule has 0 atom stereocenters. The van der Waals surface area contributed by atoms with Gasteiger partial charge in [0.1, 0.15) is 0 Å². The van der Waals surface area contributed by atoms with Crippen molar-refractivity contribution in [2.24, 2.45) is 9.98 Å². The van der Waals surface area contributed by atoms with Gasteiger partial charge >= 0.3 is 0 Å². The molecule has 0 saturated carbocycles. The van der Waals surface area contributed by atoms with E-state index in [1.807, 2.05) is 18.2 Å². The average Bonchev–Trinajstić information content (AvgIpc) is 3.09. The molecule has 0 radical (unpaired) electrons. The van der Waals surface area contributed by atoms with Gasteiger partial charge in [-0.15, -0.1) is 11.3 Å². The van der Waals surface area contributed by atoms with E-state index in [0.29, 0.717) is 0 Å². The molecule has 5 rings (SSSR count). The zero-order chi connectivity index (χ0) is 12.4. The third-order valence-corrected chi connectivity index (χ3v) is 4.55. The molecule has 0 saturated heterocycles. The number of nitrogens with zero attached hydrogens (tertiary/aromatic N) is 2. The fourth-order valence-corrected chi connectivity index (χ4v) is 3.58. The molecule has 0 N–H and O–H groups in total. The number of para-hydroxylation sites is 1. The van der Waals surface area contributed by atoms with Crippen LogP contribution in [0.25, 0.3) is 21.5 Å². The smallest absolute Gasteiger partial charge is 0.0995 e. The van der Waals surface area contributed by atoms with Crippen LogP contribution >= 0.6 is 11.3 Å². The highest BCUT2D eigenvalue weighted by atomic mass is 32.1. The Kier molecular flexibility index (Phi) is 1.62. The van der Waals surface area contributed by atoms with Crippen LogP contribution in [0.3, 0.4) is 0 Å². The number of hydrogen-bond acceptors (Lipinski definition) is 3. The van der Waals surface area contributed by atoms with Crippen LogP contribution in [0.4, 0.5) is 0 Å². The predicted molar refractivity (Wildman–Crippen MR) is 76.6 cm³/mol. The Bertz CT molecular complexity index is 1100. The molecule has 3 heterocycles.